The quantitative estimate of drug-likeness (QED) is 0.671. The van der Waals surface area contributed by atoms with E-state index >= 15 is 0 Å². The van der Waals surface area contributed by atoms with E-state index < -0.39 is 36.7 Å². The number of hydrogen-bond donors (Lipinski definition) is 0. The molecule has 1 fully saturated rings. The van der Waals surface area contributed by atoms with E-state index in [1.807, 2.05) is 24.3 Å². The second-order valence-electron chi connectivity index (χ2n) is 6.50. The van der Waals surface area contributed by atoms with Gasteiger partial charge in [-0.15, -0.1) is 0 Å². The van der Waals surface area contributed by atoms with Gasteiger partial charge in [0.15, 0.2) is 0 Å². The van der Waals surface area contributed by atoms with Crippen molar-refractivity contribution in [1.29, 1.82) is 0 Å². The minimum absolute atomic E-state index is 0.413. The number of carbonyl (C=O) groups excluding carboxylic acids is 1. The molecule has 10 heteroatoms. The van der Waals surface area contributed by atoms with Gasteiger partial charge in [-0.2, -0.15) is 5.10 Å². The van der Waals surface area contributed by atoms with Crippen molar-refractivity contribution in [3.8, 4) is 0 Å². The zero-order valence-electron chi connectivity index (χ0n) is 14.9. The maximum absolute atomic E-state index is 13.0. The molecular formula is C18H19ClF4N4O. The van der Waals surface area contributed by atoms with E-state index in [0.717, 1.165) is 5.56 Å². The molecule has 0 N–H and O–H groups in total. The molecule has 3 rings (SSSR count). The van der Waals surface area contributed by atoms with Crippen LogP contribution in [0.3, 0.4) is 0 Å². The van der Waals surface area contributed by atoms with Gasteiger partial charge in [0.2, 0.25) is 5.91 Å². The molecule has 1 aromatic heterocycles. The maximum atomic E-state index is 13.0. The molecule has 1 aromatic carbocycles. The first-order valence-corrected chi connectivity index (χ1v) is 9.10. The van der Waals surface area contributed by atoms with Gasteiger partial charge in [-0.25, -0.2) is 17.6 Å². The van der Waals surface area contributed by atoms with Gasteiger partial charge in [0, 0.05) is 37.7 Å². The summed E-state index contributed by atoms with van der Waals surface area (Å²) in [6.45, 7) is 2.18. The minimum atomic E-state index is -2.99. The molecule has 0 bridgehead atoms. The molecule has 1 amide bonds. The van der Waals surface area contributed by atoms with Gasteiger partial charge in [-0.3, -0.25) is 14.4 Å². The number of carbonyl (C=O) groups is 1. The normalized spacial score (nSPS) is 15.6. The van der Waals surface area contributed by atoms with Crippen molar-refractivity contribution >= 4 is 17.5 Å². The summed E-state index contributed by atoms with van der Waals surface area (Å²) in [7, 11) is 0. The van der Waals surface area contributed by atoms with Gasteiger partial charge in [0.1, 0.15) is 17.9 Å². The Labute approximate surface area is 164 Å². The SMILES string of the molecule is O=C(Cn1nc(C(F)F)cc1C(F)F)N1CCN(Cc2ccccc2Cl)CC1. The molecule has 0 atom stereocenters. The lowest BCUT2D eigenvalue weighted by Gasteiger charge is -2.35. The molecule has 28 heavy (non-hydrogen) atoms. The van der Waals surface area contributed by atoms with Crippen molar-refractivity contribution in [2.24, 2.45) is 0 Å². The number of aromatic nitrogens is 2. The van der Waals surface area contributed by atoms with E-state index in [4.69, 9.17) is 11.6 Å². The highest BCUT2D eigenvalue weighted by Crippen LogP contribution is 2.25. The van der Waals surface area contributed by atoms with Gasteiger partial charge >= 0.3 is 0 Å². The summed E-state index contributed by atoms with van der Waals surface area (Å²) >= 11 is 6.16. The smallest absolute Gasteiger partial charge is 0.282 e. The van der Waals surface area contributed by atoms with E-state index in [1.54, 1.807) is 0 Å². The number of piperazine rings is 1. The zero-order chi connectivity index (χ0) is 20.3. The van der Waals surface area contributed by atoms with Crippen LogP contribution in [0, 0.1) is 0 Å². The Morgan fingerprint density at radius 2 is 1.75 bits per heavy atom. The van der Waals surface area contributed by atoms with Crippen LogP contribution in [-0.2, 0) is 17.9 Å². The third kappa shape index (κ3) is 4.82. The molecule has 0 spiro atoms. The zero-order valence-corrected chi connectivity index (χ0v) is 15.6. The van der Waals surface area contributed by atoms with Crippen LogP contribution in [0.1, 0.15) is 29.8 Å². The average Bonchev–Trinajstić information content (AvgIpc) is 3.08. The third-order valence-electron chi connectivity index (χ3n) is 4.64. The predicted molar refractivity (Wildman–Crippen MR) is 95.5 cm³/mol. The molecule has 0 radical (unpaired) electrons. The van der Waals surface area contributed by atoms with Crippen molar-refractivity contribution in [2.45, 2.75) is 25.9 Å². The molecule has 152 valence electrons. The number of benzene rings is 1. The standard InChI is InChI=1S/C18H19ClF4N4O/c19-13-4-2-1-3-12(13)10-25-5-7-26(8-6-25)16(28)11-27-15(18(22)23)9-14(24-27)17(20)21/h1-4,9,17-18H,5-8,10-11H2. The molecule has 1 aliphatic heterocycles. The van der Waals surface area contributed by atoms with Gasteiger partial charge in [0.25, 0.3) is 12.9 Å². The molecule has 2 heterocycles. The lowest BCUT2D eigenvalue weighted by molar-refractivity contribution is -0.134. The van der Waals surface area contributed by atoms with Gasteiger partial charge in [0.05, 0.1) is 0 Å². The van der Waals surface area contributed by atoms with Crippen LogP contribution in [-0.4, -0.2) is 51.7 Å². The maximum Gasteiger partial charge on any atom is 0.282 e. The first-order chi connectivity index (χ1) is 13.3. The fraction of sp³-hybridized carbons (Fsp3) is 0.444. The molecular weight excluding hydrogens is 400 g/mol. The summed E-state index contributed by atoms with van der Waals surface area (Å²) in [6, 6.07) is 8.15. The molecule has 0 unspecified atom stereocenters. The van der Waals surface area contributed by atoms with Crippen LogP contribution in [0.5, 0.6) is 0 Å². The van der Waals surface area contributed by atoms with E-state index in [9.17, 15) is 22.4 Å². The number of rotatable bonds is 6. The Morgan fingerprint density at radius 1 is 1.07 bits per heavy atom. The third-order valence-corrected chi connectivity index (χ3v) is 5.01. The average molecular weight is 419 g/mol. The molecule has 5 nitrogen and oxygen atoms in total. The van der Waals surface area contributed by atoms with Crippen molar-refractivity contribution in [1.82, 2.24) is 19.6 Å². The largest absolute Gasteiger partial charge is 0.339 e. The van der Waals surface area contributed by atoms with Gasteiger partial charge < -0.3 is 4.90 Å². The Hall–Kier alpha value is -2.13. The lowest BCUT2D eigenvalue weighted by atomic mass is 10.2. The minimum Gasteiger partial charge on any atom is -0.339 e. The first kappa shape index (κ1) is 20.6. The van der Waals surface area contributed by atoms with Crippen molar-refractivity contribution in [2.75, 3.05) is 26.2 Å². The molecule has 2 aromatic rings. The van der Waals surface area contributed by atoms with Crippen LogP contribution in [0.4, 0.5) is 17.6 Å². The predicted octanol–water partition coefficient (Wildman–Crippen LogP) is 3.76. The Bertz CT molecular complexity index is 822. The second kappa shape index (κ2) is 8.91. The number of nitrogens with zero attached hydrogens (tertiary/aromatic N) is 4. The highest BCUT2D eigenvalue weighted by atomic mass is 35.5. The van der Waals surface area contributed by atoms with Gasteiger partial charge in [-0.05, 0) is 17.7 Å². The molecule has 0 saturated carbocycles. The van der Waals surface area contributed by atoms with Crippen molar-refractivity contribution < 1.29 is 22.4 Å². The highest BCUT2D eigenvalue weighted by molar-refractivity contribution is 6.31. The Morgan fingerprint density at radius 3 is 2.36 bits per heavy atom. The monoisotopic (exact) mass is 418 g/mol. The Balaban J connectivity index is 1.58. The van der Waals surface area contributed by atoms with E-state index in [1.165, 1.54) is 4.90 Å². The van der Waals surface area contributed by atoms with Crippen LogP contribution < -0.4 is 0 Å². The van der Waals surface area contributed by atoms with E-state index in [-0.39, 0.29) is 0 Å². The fourth-order valence-electron chi connectivity index (χ4n) is 3.11. The van der Waals surface area contributed by atoms with E-state index in [2.05, 4.69) is 10.00 Å². The van der Waals surface area contributed by atoms with Crippen LogP contribution >= 0.6 is 11.6 Å². The number of alkyl halides is 4. The molecule has 1 saturated heterocycles. The summed E-state index contributed by atoms with van der Waals surface area (Å²) in [5.74, 6) is -0.428. The summed E-state index contributed by atoms with van der Waals surface area (Å²) in [5, 5.41) is 4.14. The Kier molecular flexibility index (Phi) is 6.56. The number of halogens is 5. The summed E-state index contributed by atoms with van der Waals surface area (Å²) in [6.07, 6.45) is -5.96. The van der Waals surface area contributed by atoms with Crippen molar-refractivity contribution in [3.05, 3.63) is 52.3 Å². The fourth-order valence-corrected chi connectivity index (χ4v) is 3.31. The highest BCUT2D eigenvalue weighted by Gasteiger charge is 2.26. The summed E-state index contributed by atoms with van der Waals surface area (Å²) in [4.78, 5) is 16.1. The lowest BCUT2D eigenvalue weighted by Crippen LogP contribution is -2.49. The van der Waals surface area contributed by atoms with Gasteiger partial charge in [-0.1, -0.05) is 29.8 Å². The molecule has 0 aliphatic carbocycles. The van der Waals surface area contributed by atoms with Crippen LogP contribution in [0.25, 0.3) is 0 Å². The summed E-state index contributed by atoms with van der Waals surface area (Å²) in [5.41, 5.74) is -0.449. The number of amides is 1. The summed E-state index contributed by atoms with van der Waals surface area (Å²) < 4.78 is 52.2. The van der Waals surface area contributed by atoms with E-state index in [0.29, 0.717) is 48.5 Å². The second-order valence-corrected chi connectivity index (χ2v) is 6.91. The van der Waals surface area contributed by atoms with Crippen LogP contribution in [0.2, 0.25) is 5.02 Å². The van der Waals surface area contributed by atoms with Crippen LogP contribution in [0.15, 0.2) is 30.3 Å². The molecule has 1 aliphatic rings. The van der Waals surface area contributed by atoms with Crippen molar-refractivity contribution in [3.63, 3.8) is 0 Å². The number of hydrogen-bond acceptors (Lipinski definition) is 3. The first-order valence-electron chi connectivity index (χ1n) is 8.72. The topological polar surface area (TPSA) is 41.4 Å².